The van der Waals surface area contributed by atoms with Crippen LogP contribution in [0.3, 0.4) is 0 Å². The molecule has 0 aliphatic carbocycles. The molecular weight excluding hydrogens is 352 g/mol. The summed E-state index contributed by atoms with van der Waals surface area (Å²) in [7, 11) is 1.75. The number of fused-ring (bicyclic) bond motifs is 1. The molecule has 1 atom stereocenters. The molecule has 0 radical (unpaired) electrons. The summed E-state index contributed by atoms with van der Waals surface area (Å²) in [4.78, 5) is 16.2. The molecule has 2 aromatic carbocycles. The number of aryl methyl sites for hydroxylation is 1. The molecule has 0 fully saturated rings. The lowest BCUT2D eigenvalue weighted by molar-refractivity contribution is -0.116. The van der Waals surface area contributed by atoms with Crippen molar-refractivity contribution in [3.63, 3.8) is 0 Å². The van der Waals surface area contributed by atoms with E-state index in [0.29, 0.717) is 19.6 Å². The normalized spacial score (nSPS) is 16.1. The number of hydrogen-bond donors (Lipinski definition) is 3. The van der Waals surface area contributed by atoms with Gasteiger partial charge in [0.2, 0.25) is 5.91 Å². The molecular formula is C22H28N4O2. The Hall–Kier alpha value is -3.02. The highest BCUT2D eigenvalue weighted by Crippen LogP contribution is 2.31. The van der Waals surface area contributed by atoms with Crippen molar-refractivity contribution >= 4 is 17.6 Å². The first kappa shape index (κ1) is 19.7. The minimum atomic E-state index is 0.0571. The number of ether oxygens (including phenoxy) is 1. The van der Waals surface area contributed by atoms with Gasteiger partial charge in [-0.1, -0.05) is 35.9 Å². The molecule has 0 saturated heterocycles. The third-order valence-electron chi connectivity index (χ3n) is 4.75. The number of rotatable bonds is 7. The highest BCUT2D eigenvalue weighted by Gasteiger charge is 2.24. The number of aliphatic imine (C=N–C) groups is 1. The first-order valence-electron chi connectivity index (χ1n) is 9.68. The molecule has 1 aliphatic rings. The van der Waals surface area contributed by atoms with Gasteiger partial charge in [0.25, 0.3) is 0 Å². The second-order valence-corrected chi connectivity index (χ2v) is 6.93. The molecule has 1 aliphatic heterocycles. The van der Waals surface area contributed by atoms with Crippen LogP contribution in [-0.4, -0.2) is 38.6 Å². The molecule has 0 spiro atoms. The van der Waals surface area contributed by atoms with Gasteiger partial charge in [0.1, 0.15) is 5.75 Å². The molecule has 6 nitrogen and oxygen atoms in total. The second kappa shape index (κ2) is 9.78. The van der Waals surface area contributed by atoms with Crippen molar-refractivity contribution in [2.24, 2.45) is 4.99 Å². The first-order valence-corrected chi connectivity index (χ1v) is 9.68. The predicted octanol–water partition coefficient (Wildman–Crippen LogP) is 3.05. The van der Waals surface area contributed by atoms with Gasteiger partial charge in [-0.3, -0.25) is 9.79 Å². The number of hydrogen-bond acceptors (Lipinski definition) is 3. The molecule has 0 aromatic heterocycles. The maximum atomic E-state index is 11.9. The lowest BCUT2D eigenvalue weighted by Gasteiger charge is -2.26. The van der Waals surface area contributed by atoms with E-state index in [1.54, 1.807) is 7.05 Å². The summed E-state index contributed by atoms with van der Waals surface area (Å²) in [6.07, 6.45) is 1.34. The van der Waals surface area contributed by atoms with Crippen LogP contribution in [0.15, 0.2) is 53.5 Å². The van der Waals surface area contributed by atoms with E-state index >= 15 is 0 Å². The Morgan fingerprint density at radius 2 is 1.96 bits per heavy atom. The Morgan fingerprint density at radius 3 is 2.75 bits per heavy atom. The molecule has 1 unspecified atom stereocenters. The molecule has 6 heteroatoms. The number of para-hydroxylation sites is 1. The maximum Gasteiger partial charge on any atom is 0.225 e. The molecule has 3 N–H and O–H groups in total. The summed E-state index contributed by atoms with van der Waals surface area (Å²) in [5.41, 5.74) is 3.29. The smallest absolute Gasteiger partial charge is 0.225 e. The molecule has 1 amide bonds. The topological polar surface area (TPSA) is 74.8 Å². The lowest BCUT2D eigenvalue weighted by Crippen LogP contribution is -2.41. The fourth-order valence-electron chi connectivity index (χ4n) is 3.23. The molecule has 1 heterocycles. The van der Waals surface area contributed by atoms with Gasteiger partial charge >= 0.3 is 0 Å². The van der Waals surface area contributed by atoms with Crippen molar-refractivity contribution < 1.29 is 9.53 Å². The quantitative estimate of drug-likeness (QED) is 0.392. The molecule has 148 valence electrons. The molecule has 28 heavy (non-hydrogen) atoms. The van der Waals surface area contributed by atoms with E-state index in [1.807, 2.05) is 42.5 Å². The summed E-state index contributed by atoms with van der Waals surface area (Å²) in [5, 5.41) is 9.56. The van der Waals surface area contributed by atoms with E-state index in [2.05, 4.69) is 33.9 Å². The van der Waals surface area contributed by atoms with E-state index in [4.69, 9.17) is 4.74 Å². The maximum absolute atomic E-state index is 11.9. The Morgan fingerprint density at radius 1 is 1.18 bits per heavy atom. The summed E-state index contributed by atoms with van der Waals surface area (Å²) < 4.78 is 5.74. The van der Waals surface area contributed by atoms with E-state index in [0.717, 1.165) is 35.9 Å². The van der Waals surface area contributed by atoms with Crippen molar-refractivity contribution in [3.05, 3.63) is 59.7 Å². The first-order chi connectivity index (χ1) is 13.7. The van der Waals surface area contributed by atoms with Crippen LogP contribution in [-0.2, 0) is 4.79 Å². The minimum Gasteiger partial charge on any atom is -0.494 e. The SMILES string of the molecule is CN=C(NCCCOc1ccc(C)cc1)NCC1CC(=O)Nc2ccccc21. The van der Waals surface area contributed by atoms with Crippen molar-refractivity contribution in [1.29, 1.82) is 0 Å². The van der Waals surface area contributed by atoms with Crippen LogP contribution in [0.5, 0.6) is 5.75 Å². The van der Waals surface area contributed by atoms with Crippen LogP contribution < -0.4 is 20.7 Å². The fraction of sp³-hybridized carbons (Fsp3) is 0.364. The summed E-state index contributed by atoms with van der Waals surface area (Å²) in [6, 6.07) is 16.0. The largest absolute Gasteiger partial charge is 0.494 e. The zero-order valence-corrected chi connectivity index (χ0v) is 16.5. The zero-order chi connectivity index (χ0) is 19.8. The fourth-order valence-corrected chi connectivity index (χ4v) is 3.23. The second-order valence-electron chi connectivity index (χ2n) is 6.93. The Labute approximate surface area is 166 Å². The molecule has 0 bridgehead atoms. The standard InChI is InChI=1S/C22H28N4O2/c1-16-8-10-18(11-9-16)28-13-5-12-24-22(23-2)25-15-17-14-21(27)26-20-7-4-3-6-19(17)20/h3-4,6-11,17H,5,12-15H2,1-2H3,(H,26,27)(H2,23,24,25). The number of carbonyl (C=O) groups is 1. The minimum absolute atomic E-state index is 0.0571. The van der Waals surface area contributed by atoms with Gasteiger partial charge in [-0.15, -0.1) is 0 Å². The van der Waals surface area contributed by atoms with Gasteiger partial charge in [0.15, 0.2) is 5.96 Å². The average Bonchev–Trinajstić information content (AvgIpc) is 2.71. The molecule has 2 aromatic rings. The Kier molecular flexibility index (Phi) is 6.89. The summed E-state index contributed by atoms with van der Waals surface area (Å²) in [6.45, 7) is 4.12. The number of carbonyl (C=O) groups excluding carboxylic acids is 1. The van der Waals surface area contributed by atoms with Crippen LogP contribution in [0.2, 0.25) is 0 Å². The van der Waals surface area contributed by atoms with E-state index in [9.17, 15) is 4.79 Å². The monoisotopic (exact) mass is 380 g/mol. The number of anilines is 1. The van der Waals surface area contributed by atoms with Crippen molar-refractivity contribution in [3.8, 4) is 5.75 Å². The van der Waals surface area contributed by atoms with Gasteiger partial charge in [-0.05, 0) is 37.1 Å². The van der Waals surface area contributed by atoms with E-state index in [1.165, 1.54) is 5.56 Å². The van der Waals surface area contributed by atoms with Gasteiger partial charge in [-0.2, -0.15) is 0 Å². The van der Waals surface area contributed by atoms with Gasteiger partial charge in [0.05, 0.1) is 6.61 Å². The van der Waals surface area contributed by atoms with Crippen LogP contribution in [0.4, 0.5) is 5.69 Å². The van der Waals surface area contributed by atoms with Crippen molar-refractivity contribution in [1.82, 2.24) is 10.6 Å². The Bertz CT molecular complexity index is 818. The number of nitrogens with one attached hydrogen (secondary N) is 3. The lowest BCUT2D eigenvalue weighted by atomic mass is 9.90. The van der Waals surface area contributed by atoms with Crippen LogP contribution in [0, 0.1) is 6.92 Å². The van der Waals surface area contributed by atoms with Gasteiger partial charge in [-0.25, -0.2) is 0 Å². The number of nitrogens with zero attached hydrogens (tertiary/aromatic N) is 1. The van der Waals surface area contributed by atoms with Gasteiger partial charge in [0, 0.05) is 38.2 Å². The van der Waals surface area contributed by atoms with Crippen LogP contribution in [0.25, 0.3) is 0 Å². The highest BCUT2D eigenvalue weighted by molar-refractivity contribution is 5.94. The van der Waals surface area contributed by atoms with E-state index < -0.39 is 0 Å². The number of amides is 1. The Balaban J connectivity index is 1.40. The van der Waals surface area contributed by atoms with Crippen molar-refractivity contribution in [2.45, 2.75) is 25.7 Å². The molecule has 3 rings (SSSR count). The third kappa shape index (κ3) is 5.49. The number of benzene rings is 2. The predicted molar refractivity (Wildman–Crippen MR) is 113 cm³/mol. The highest BCUT2D eigenvalue weighted by atomic mass is 16.5. The summed E-state index contributed by atoms with van der Waals surface area (Å²) >= 11 is 0. The molecule has 0 saturated carbocycles. The third-order valence-corrected chi connectivity index (χ3v) is 4.75. The number of guanidine groups is 1. The van der Waals surface area contributed by atoms with Crippen LogP contribution in [0.1, 0.15) is 29.9 Å². The van der Waals surface area contributed by atoms with E-state index in [-0.39, 0.29) is 11.8 Å². The zero-order valence-electron chi connectivity index (χ0n) is 16.5. The van der Waals surface area contributed by atoms with Crippen LogP contribution >= 0.6 is 0 Å². The average molecular weight is 380 g/mol. The van der Waals surface area contributed by atoms with Gasteiger partial charge < -0.3 is 20.7 Å². The summed E-state index contributed by atoms with van der Waals surface area (Å²) in [5.74, 6) is 1.82. The van der Waals surface area contributed by atoms with Crippen molar-refractivity contribution in [2.75, 3.05) is 32.1 Å².